The average Bonchev–Trinajstić information content (AvgIpc) is 2.43. The molecule has 0 saturated carbocycles. The quantitative estimate of drug-likeness (QED) is 0.554. The number of nitrogens with zero attached hydrogens (tertiary/aromatic N) is 2. The molecule has 6 nitrogen and oxygen atoms in total. The highest BCUT2D eigenvalue weighted by molar-refractivity contribution is 7.89. The van der Waals surface area contributed by atoms with Crippen LogP contribution in [0.1, 0.15) is 19.3 Å². The van der Waals surface area contributed by atoms with Crippen molar-refractivity contribution in [3.8, 4) is 0 Å². The van der Waals surface area contributed by atoms with Crippen LogP contribution in [0.25, 0.3) is 0 Å². The summed E-state index contributed by atoms with van der Waals surface area (Å²) in [7, 11) is 1.45. The Morgan fingerprint density at radius 3 is 2.33 bits per heavy atom. The average molecular weight is 315 g/mol. The van der Waals surface area contributed by atoms with Crippen molar-refractivity contribution < 1.29 is 13.5 Å². The van der Waals surface area contributed by atoms with E-state index in [9.17, 15) is 8.42 Å². The lowest BCUT2D eigenvalue weighted by Crippen LogP contribution is -2.23. The highest BCUT2D eigenvalue weighted by Crippen LogP contribution is 2.26. The molecule has 0 spiro atoms. The maximum Gasteiger partial charge on any atom is 0.242 e. The van der Waals surface area contributed by atoms with E-state index in [2.05, 4.69) is 0 Å². The molecule has 7 heteroatoms. The standard InChI is InChI=1S/C14H25N3O3S/c1-16(2)21(19,20)12-7-8-14(13(15)11-12)17(3)9-5-4-6-10-18/h7-8,11,18H,4-6,9-10,15H2,1-3H3. The molecule has 0 aromatic heterocycles. The first-order valence-corrected chi connectivity index (χ1v) is 8.38. The number of anilines is 2. The van der Waals surface area contributed by atoms with Crippen LogP contribution >= 0.6 is 0 Å². The number of nitrogens with two attached hydrogens (primary N) is 1. The number of sulfonamides is 1. The summed E-state index contributed by atoms with van der Waals surface area (Å²) < 4.78 is 25.3. The Bertz CT molecular complexity index is 559. The van der Waals surface area contributed by atoms with Gasteiger partial charge in [-0.2, -0.15) is 0 Å². The van der Waals surface area contributed by atoms with Crippen molar-refractivity contribution in [1.82, 2.24) is 4.31 Å². The van der Waals surface area contributed by atoms with E-state index in [0.717, 1.165) is 31.5 Å². The first-order valence-electron chi connectivity index (χ1n) is 6.94. The molecule has 0 aliphatic carbocycles. The molecule has 0 bridgehead atoms. The van der Waals surface area contributed by atoms with Gasteiger partial charge in [-0.1, -0.05) is 0 Å². The van der Waals surface area contributed by atoms with Gasteiger partial charge >= 0.3 is 0 Å². The molecule has 1 aromatic carbocycles. The monoisotopic (exact) mass is 315 g/mol. The predicted octanol–water partition coefficient (Wildman–Crippen LogP) is 1.12. The van der Waals surface area contributed by atoms with Crippen molar-refractivity contribution in [3.05, 3.63) is 18.2 Å². The number of benzene rings is 1. The molecule has 0 radical (unpaired) electrons. The summed E-state index contributed by atoms with van der Waals surface area (Å²) in [5.74, 6) is 0. The SMILES string of the molecule is CN(CCCCCO)c1ccc(S(=O)(=O)N(C)C)cc1N. The van der Waals surface area contributed by atoms with Crippen molar-refractivity contribution in [2.75, 3.05) is 44.9 Å². The minimum atomic E-state index is -3.46. The molecule has 0 saturated heterocycles. The third-order valence-electron chi connectivity index (χ3n) is 3.34. The molecule has 0 fully saturated rings. The third-order valence-corrected chi connectivity index (χ3v) is 5.15. The van der Waals surface area contributed by atoms with Gasteiger partial charge in [-0.3, -0.25) is 0 Å². The van der Waals surface area contributed by atoms with Crippen LogP contribution in [0.3, 0.4) is 0 Å². The molecule has 0 unspecified atom stereocenters. The van der Waals surface area contributed by atoms with E-state index in [4.69, 9.17) is 10.8 Å². The van der Waals surface area contributed by atoms with Gasteiger partial charge in [0, 0.05) is 34.3 Å². The first kappa shape index (κ1) is 17.7. The number of rotatable bonds is 8. The predicted molar refractivity (Wildman–Crippen MR) is 85.9 cm³/mol. The van der Waals surface area contributed by atoms with E-state index < -0.39 is 10.0 Å². The zero-order valence-corrected chi connectivity index (χ0v) is 13.7. The van der Waals surface area contributed by atoms with E-state index in [0.29, 0.717) is 5.69 Å². The number of hydrogen-bond donors (Lipinski definition) is 2. The molecular formula is C14H25N3O3S. The number of unbranched alkanes of at least 4 members (excludes halogenated alkanes) is 2. The van der Waals surface area contributed by atoms with Gasteiger partial charge in [0.05, 0.1) is 16.3 Å². The Labute approximate surface area is 127 Å². The molecule has 21 heavy (non-hydrogen) atoms. The zero-order valence-electron chi connectivity index (χ0n) is 12.9. The summed E-state index contributed by atoms with van der Waals surface area (Å²) in [6.07, 6.45) is 2.70. The van der Waals surface area contributed by atoms with Crippen LogP contribution in [0.15, 0.2) is 23.1 Å². The van der Waals surface area contributed by atoms with Crippen molar-refractivity contribution in [2.24, 2.45) is 0 Å². The van der Waals surface area contributed by atoms with Gasteiger partial charge in [-0.05, 0) is 37.5 Å². The van der Waals surface area contributed by atoms with E-state index in [1.165, 1.54) is 24.5 Å². The van der Waals surface area contributed by atoms with Crippen molar-refractivity contribution >= 4 is 21.4 Å². The summed E-state index contributed by atoms with van der Waals surface area (Å²) in [5, 5.41) is 8.75. The van der Waals surface area contributed by atoms with Crippen molar-refractivity contribution in [2.45, 2.75) is 24.2 Å². The summed E-state index contributed by atoms with van der Waals surface area (Å²) in [5.41, 5.74) is 7.25. The van der Waals surface area contributed by atoms with E-state index in [1.807, 2.05) is 11.9 Å². The molecule has 1 aromatic rings. The number of hydrogen-bond acceptors (Lipinski definition) is 5. The van der Waals surface area contributed by atoms with Crippen LogP contribution in [0.4, 0.5) is 11.4 Å². The fourth-order valence-electron chi connectivity index (χ4n) is 2.01. The molecular weight excluding hydrogens is 290 g/mol. The van der Waals surface area contributed by atoms with E-state index >= 15 is 0 Å². The second kappa shape index (κ2) is 7.63. The second-order valence-electron chi connectivity index (χ2n) is 5.21. The number of aliphatic hydroxyl groups excluding tert-OH is 1. The maximum atomic E-state index is 12.0. The minimum Gasteiger partial charge on any atom is -0.397 e. The van der Waals surface area contributed by atoms with Gasteiger partial charge in [0.2, 0.25) is 10.0 Å². The van der Waals surface area contributed by atoms with E-state index in [1.54, 1.807) is 12.1 Å². The highest BCUT2D eigenvalue weighted by atomic mass is 32.2. The fraction of sp³-hybridized carbons (Fsp3) is 0.571. The van der Waals surface area contributed by atoms with Crippen LogP contribution in [-0.4, -0.2) is 52.1 Å². The molecule has 0 aliphatic heterocycles. The molecule has 0 amide bonds. The fourth-order valence-corrected chi connectivity index (χ4v) is 2.95. The van der Waals surface area contributed by atoms with Gasteiger partial charge in [0.15, 0.2) is 0 Å². The van der Waals surface area contributed by atoms with Gasteiger partial charge < -0.3 is 15.7 Å². The summed E-state index contributed by atoms with van der Waals surface area (Å²) >= 11 is 0. The summed E-state index contributed by atoms with van der Waals surface area (Å²) in [6.45, 7) is 1.02. The third kappa shape index (κ3) is 4.59. The van der Waals surface area contributed by atoms with Crippen LogP contribution in [0, 0.1) is 0 Å². The van der Waals surface area contributed by atoms with Crippen molar-refractivity contribution in [3.63, 3.8) is 0 Å². The second-order valence-corrected chi connectivity index (χ2v) is 7.37. The molecule has 1 rings (SSSR count). The zero-order chi connectivity index (χ0) is 16.0. The largest absolute Gasteiger partial charge is 0.397 e. The van der Waals surface area contributed by atoms with Crippen molar-refractivity contribution in [1.29, 1.82) is 0 Å². The molecule has 0 heterocycles. The Hall–Kier alpha value is -1.31. The molecule has 120 valence electrons. The van der Waals surface area contributed by atoms with Crippen LogP contribution in [0.5, 0.6) is 0 Å². The van der Waals surface area contributed by atoms with Crippen LogP contribution < -0.4 is 10.6 Å². The lowest BCUT2D eigenvalue weighted by atomic mass is 10.2. The topological polar surface area (TPSA) is 86.9 Å². The minimum absolute atomic E-state index is 0.197. The van der Waals surface area contributed by atoms with Crippen LogP contribution in [0.2, 0.25) is 0 Å². The normalized spacial score (nSPS) is 11.9. The molecule has 0 atom stereocenters. The maximum absolute atomic E-state index is 12.0. The molecule has 0 aliphatic rings. The van der Waals surface area contributed by atoms with Crippen LogP contribution in [-0.2, 0) is 10.0 Å². The van der Waals surface area contributed by atoms with Gasteiger partial charge in [0.1, 0.15) is 0 Å². The van der Waals surface area contributed by atoms with E-state index in [-0.39, 0.29) is 11.5 Å². The number of aliphatic hydroxyl groups is 1. The Morgan fingerprint density at radius 1 is 1.14 bits per heavy atom. The van der Waals surface area contributed by atoms with Gasteiger partial charge in [0.25, 0.3) is 0 Å². The lowest BCUT2D eigenvalue weighted by molar-refractivity contribution is 0.283. The van der Waals surface area contributed by atoms with Gasteiger partial charge in [-0.25, -0.2) is 12.7 Å². The first-order chi connectivity index (χ1) is 9.80. The lowest BCUT2D eigenvalue weighted by Gasteiger charge is -2.22. The van der Waals surface area contributed by atoms with Gasteiger partial charge in [-0.15, -0.1) is 0 Å². The Balaban J connectivity index is 2.83. The smallest absolute Gasteiger partial charge is 0.242 e. The summed E-state index contributed by atoms with van der Waals surface area (Å²) in [4.78, 5) is 2.20. The number of nitrogen functional groups attached to an aromatic ring is 1. The highest BCUT2D eigenvalue weighted by Gasteiger charge is 2.18. The molecule has 3 N–H and O–H groups in total. The Morgan fingerprint density at radius 2 is 1.81 bits per heavy atom. The summed E-state index contributed by atoms with van der Waals surface area (Å²) in [6, 6.07) is 4.80. The Kier molecular flexibility index (Phi) is 6.44.